The lowest BCUT2D eigenvalue weighted by atomic mass is 10.2. The van der Waals surface area contributed by atoms with E-state index in [0.29, 0.717) is 18.8 Å². The van der Waals surface area contributed by atoms with E-state index >= 15 is 0 Å². The van der Waals surface area contributed by atoms with Gasteiger partial charge in [-0.25, -0.2) is 4.79 Å². The summed E-state index contributed by atoms with van der Waals surface area (Å²) in [7, 11) is 0. The highest BCUT2D eigenvalue weighted by Crippen LogP contribution is 2.26. The first-order valence-electron chi connectivity index (χ1n) is 8.23. The number of aromatic amines is 1. The van der Waals surface area contributed by atoms with Crippen molar-refractivity contribution < 1.29 is 9.59 Å². The smallest absolute Gasteiger partial charge is 0.328 e. The summed E-state index contributed by atoms with van der Waals surface area (Å²) in [6, 6.07) is 8.50. The number of H-pyrrole nitrogens is 1. The number of carbonyl (C=O) groups is 2. The van der Waals surface area contributed by atoms with E-state index in [-0.39, 0.29) is 31.3 Å². The largest absolute Gasteiger partial charge is 0.359 e. The van der Waals surface area contributed by atoms with Gasteiger partial charge in [0.2, 0.25) is 11.8 Å². The summed E-state index contributed by atoms with van der Waals surface area (Å²) < 4.78 is 1.27. The molecule has 2 amide bonds. The Balaban J connectivity index is 1.67. The Bertz CT molecular complexity index is 933. The number of aryl methyl sites for hydroxylation is 1. The molecule has 9 nitrogen and oxygen atoms in total. The van der Waals surface area contributed by atoms with Gasteiger partial charge in [0.1, 0.15) is 0 Å². The monoisotopic (exact) mass is 357 g/mol. The molecule has 1 aromatic carbocycles. The molecule has 0 atom stereocenters. The number of hydrogen-bond donors (Lipinski definition) is 3. The Morgan fingerprint density at radius 1 is 1.15 bits per heavy atom. The van der Waals surface area contributed by atoms with Gasteiger partial charge >= 0.3 is 5.69 Å². The van der Waals surface area contributed by atoms with Crippen molar-refractivity contribution in [1.29, 1.82) is 0 Å². The fourth-order valence-electron chi connectivity index (χ4n) is 2.75. The molecule has 26 heavy (non-hydrogen) atoms. The van der Waals surface area contributed by atoms with Crippen LogP contribution < -0.4 is 26.8 Å². The topological polar surface area (TPSA) is 116 Å². The van der Waals surface area contributed by atoms with Gasteiger partial charge in [0.25, 0.3) is 5.56 Å². The van der Waals surface area contributed by atoms with Crippen LogP contribution in [0.15, 0.2) is 46.1 Å². The van der Waals surface area contributed by atoms with Gasteiger partial charge in [-0.1, -0.05) is 12.1 Å². The zero-order valence-corrected chi connectivity index (χ0v) is 14.0. The summed E-state index contributed by atoms with van der Waals surface area (Å²) in [5, 5.41) is 5.59. The van der Waals surface area contributed by atoms with Gasteiger partial charge < -0.3 is 20.1 Å². The van der Waals surface area contributed by atoms with E-state index in [0.717, 1.165) is 5.69 Å². The van der Waals surface area contributed by atoms with E-state index in [9.17, 15) is 19.2 Å². The zero-order chi connectivity index (χ0) is 18.5. The molecular formula is C17H19N5O4. The molecule has 0 bridgehead atoms. The SMILES string of the molecule is O=C1CN(c2ccccc2NC(=O)CCn2ccc(=O)[nH]c2=O)CCN1. The molecule has 3 N–H and O–H groups in total. The molecule has 0 spiro atoms. The highest BCUT2D eigenvalue weighted by Gasteiger charge is 2.19. The number of nitrogens with one attached hydrogen (secondary N) is 3. The molecule has 1 aliphatic heterocycles. The summed E-state index contributed by atoms with van der Waals surface area (Å²) in [6.45, 7) is 1.59. The van der Waals surface area contributed by atoms with Gasteiger partial charge in [-0.15, -0.1) is 0 Å². The van der Waals surface area contributed by atoms with Crippen molar-refractivity contribution in [1.82, 2.24) is 14.9 Å². The van der Waals surface area contributed by atoms with Crippen LogP contribution in [0.4, 0.5) is 11.4 Å². The fraction of sp³-hybridized carbons (Fsp3) is 0.294. The molecule has 9 heteroatoms. The van der Waals surface area contributed by atoms with Gasteiger partial charge in [0.15, 0.2) is 0 Å². The number of benzene rings is 1. The summed E-state index contributed by atoms with van der Waals surface area (Å²) >= 11 is 0. The number of anilines is 2. The maximum absolute atomic E-state index is 12.3. The molecule has 136 valence electrons. The summed E-state index contributed by atoms with van der Waals surface area (Å²) in [6.07, 6.45) is 1.43. The Kier molecular flexibility index (Phi) is 5.16. The first-order valence-corrected chi connectivity index (χ1v) is 8.23. The summed E-state index contributed by atoms with van der Waals surface area (Å²) in [5.41, 5.74) is 0.359. The number of amides is 2. The van der Waals surface area contributed by atoms with Gasteiger partial charge in [0, 0.05) is 38.3 Å². The predicted octanol–water partition coefficient (Wildman–Crippen LogP) is -0.498. The number of hydrogen-bond acceptors (Lipinski definition) is 5. The van der Waals surface area contributed by atoms with Gasteiger partial charge in [0.05, 0.1) is 17.9 Å². The van der Waals surface area contributed by atoms with Crippen molar-refractivity contribution >= 4 is 23.2 Å². The normalized spacial score (nSPS) is 14.0. The number of rotatable bonds is 5. The first-order chi connectivity index (χ1) is 12.5. The van der Waals surface area contributed by atoms with E-state index in [4.69, 9.17) is 0 Å². The van der Waals surface area contributed by atoms with E-state index < -0.39 is 11.2 Å². The van der Waals surface area contributed by atoms with Crippen molar-refractivity contribution in [3.8, 4) is 0 Å². The van der Waals surface area contributed by atoms with Crippen LogP contribution in [0.5, 0.6) is 0 Å². The fourth-order valence-corrected chi connectivity index (χ4v) is 2.75. The third kappa shape index (κ3) is 4.18. The quantitative estimate of drug-likeness (QED) is 0.667. The summed E-state index contributed by atoms with van der Waals surface area (Å²) in [5.74, 6) is -0.327. The average molecular weight is 357 g/mol. The lowest BCUT2D eigenvalue weighted by Gasteiger charge is -2.30. The van der Waals surface area contributed by atoms with E-state index in [1.807, 2.05) is 17.0 Å². The lowest BCUT2D eigenvalue weighted by molar-refractivity contribution is -0.120. The zero-order valence-electron chi connectivity index (χ0n) is 14.0. The standard InChI is InChI=1S/C17H19N5O4/c23-14(5-8-21-9-6-15(24)20-17(21)26)19-12-3-1-2-4-13(12)22-10-7-18-16(25)11-22/h1-4,6,9H,5,7-8,10-11H2,(H,18,25)(H,19,23)(H,20,24,26). The molecular weight excluding hydrogens is 338 g/mol. The minimum atomic E-state index is -0.551. The van der Waals surface area contributed by atoms with Crippen LogP contribution in [0.2, 0.25) is 0 Å². The van der Waals surface area contributed by atoms with E-state index in [1.165, 1.54) is 16.8 Å². The van der Waals surface area contributed by atoms with E-state index in [2.05, 4.69) is 15.6 Å². The third-order valence-electron chi connectivity index (χ3n) is 4.03. The molecule has 3 rings (SSSR count). The minimum Gasteiger partial charge on any atom is -0.359 e. The molecule has 1 saturated heterocycles. The van der Waals surface area contributed by atoms with Gasteiger partial charge in [-0.05, 0) is 12.1 Å². The van der Waals surface area contributed by atoms with Crippen molar-refractivity contribution in [2.24, 2.45) is 0 Å². The van der Waals surface area contributed by atoms with Crippen molar-refractivity contribution in [2.45, 2.75) is 13.0 Å². The van der Waals surface area contributed by atoms with Crippen molar-refractivity contribution in [3.05, 3.63) is 57.4 Å². The Morgan fingerprint density at radius 2 is 1.96 bits per heavy atom. The second-order valence-electron chi connectivity index (χ2n) is 5.89. The molecule has 0 saturated carbocycles. The van der Waals surface area contributed by atoms with Gasteiger partial charge in [-0.3, -0.25) is 19.4 Å². The number of carbonyl (C=O) groups excluding carboxylic acids is 2. The molecule has 0 aliphatic carbocycles. The number of nitrogens with zero attached hydrogens (tertiary/aromatic N) is 2. The van der Waals surface area contributed by atoms with Crippen LogP contribution in [-0.4, -0.2) is 41.0 Å². The Hall–Kier alpha value is -3.36. The maximum Gasteiger partial charge on any atom is 0.328 e. The van der Waals surface area contributed by atoms with Crippen LogP contribution in [0.25, 0.3) is 0 Å². The molecule has 1 aromatic heterocycles. The van der Waals surface area contributed by atoms with Crippen LogP contribution in [0.3, 0.4) is 0 Å². The Morgan fingerprint density at radius 3 is 2.73 bits per heavy atom. The minimum absolute atomic E-state index is 0.0603. The summed E-state index contributed by atoms with van der Waals surface area (Å²) in [4.78, 5) is 50.6. The Labute approximate surface area is 148 Å². The number of aromatic nitrogens is 2. The molecule has 1 fully saturated rings. The maximum atomic E-state index is 12.3. The molecule has 2 aromatic rings. The highest BCUT2D eigenvalue weighted by molar-refractivity contribution is 5.95. The van der Waals surface area contributed by atoms with Crippen LogP contribution in [0.1, 0.15) is 6.42 Å². The molecule has 0 radical (unpaired) electrons. The third-order valence-corrected chi connectivity index (χ3v) is 4.03. The highest BCUT2D eigenvalue weighted by atomic mass is 16.2. The van der Waals surface area contributed by atoms with Crippen LogP contribution in [-0.2, 0) is 16.1 Å². The second kappa shape index (κ2) is 7.68. The average Bonchev–Trinajstić information content (AvgIpc) is 2.61. The number of piperazine rings is 1. The van der Waals surface area contributed by atoms with Crippen molar-refractivity contribution in [3.63, 3.8) is 0 Å². The molecule has 2 heterocycles. The molecule has 0 unspecified atom stereocenters. The lowest BCUT2D eigenvalue weighted by Crippen LogP contribution is -2.47. The van der Waals surface area contributed by atoms with E-state index in [1.54, 1.807) is 12.1 Å². The first kappa shape index (κ1) is 17.5. The van der Waals surface area contributed by atoms with Crippen molar-refractivity contribution in [2.75, 3.05) is 29.9 Å². The van der Waals surface area contributed by atoms with Crippen LogP contribution >= 0.6 is 0 Å². The number of para-hydroxylation sites is 2. The predicted molar refractivity (Wildman–Crippen MR) is 96.2 cm³/mol. The van der Waals surface area contributed by atoms with Gasteiger partial charge in [-0.2, -0.15) is 0 Å². The van der Waals surface area contributed by atoms with Crippen LogP contribution in [0, 0.1) is 0 Å². The molecule has 1 aliphatic rings. The second-order valence-corrected chi connectivity index (χ2v) is 5.89.